The average molecular weight is 1310 g/mol. The molecule has 8 nitrogen and oxygen atoms in total. The fraction of sp³-hybridized carbons (Fsp3) is 1.00. The van der Waals surface area contributed by atoms with Gasteiger partial charge in [-0.15, -0.1) is 0 Å². The topological polar surface area (TPSA) is 25.9 Å². The first-order valence-electron chi connectivity index (χ1n) is 39.9. The molecule has 87 heavy (non-hydrogen) atoms. The zero-order valence-electron chi connectivity index (χ0n) is 62.5. The van der Waals surface area contributed by atoms with E-state index in [1.54, 1.807) is 17.0 Å². The van der Waals surface area contributed by atoms with Crippen LogP contribution in [0.3, 0.4) is 0 Å². The molecule has 14 heteroatoms. The van der Waals surface area contributed by atoms with Crippen LogP contribution in [0.1, 0.15) is 357 Å². The standard InChI is InChI=1S/C73H156N8Si6/c1-21-62(15)75(63(16)22-2)83-56-85(77(64(17)23-3)65(18)24-4)87(79(61(13)14)71-49-33-28-34-50-71,81(67(20)26-6)73-53-37-30-38-54-73)57-86(78(60(11)12)70-47-31-27-32-48-70,80(66(19)25-5)72-51-35-29-36-52-72)84(76(59(9)10)69-45-41-42-46-69)55-82-74(58(7)8)68-43-39-40-44-68/h58-73,84-85H,21-57,82-83H2,1-20H3. The third kappa shape index (κ3) is 18.8. The molecule has 0 bridgehead atoms. The molecule has 0 aromatic rings. The monoisotopic (exact) mass is 1310 g/mol. The Morgan fingerprint density at radius 3 is 0.931 bits per heavy atom. The summed E-state index contributed by atoms with van der Waals surface area (Å²) >= 11 is 0. The first-order valence-corrected chi connectivity index (χ1v) is 53.7. The Morgan fingerprint density at radius 2 is 0.609 bits per heavy atom. The van der Waals surface area contributed by atoms with E-state index < -0.39 is 52.1 Å². The van der Waals surface area contributed by atoms with Crippen LogP contribution in [0.25, 0.3) is 0 Å². The molecule has 10 atom stereocenters. The van der Waals surface area contributed by atoms with E-state index in [1.165, 1.54) is 218 Å². The third-order valence-electron chi connectivity index (χ3n) is 25.8. The van der Waals surface area contributed by atoms with E-state index in [1.807, 2.05) is 0 Å². The third-order valence-corrected chi connectivity index (χ3v) is 73.2. The lowest BCUT2D eigenvalue weighted by Crippen LogP contribution is -2.92. The van der Waals surface area contributed by atoms with Gasteiger partial charge < -0.3 is 36.5 Å². The molecule has 0 aliphatic heterocycles. The minimum Gasteiger partial charge on any atom is -0.325 e. The molecule has 0 aromatic heterocycles. The van der Waals surface area contributed by atoms with Crippen LogP contribution in [-0.4, -0.2) is 185 Å². The highest BCUT2D eigenvalue weighted by atomic mass is 29.3. The van der Waals surface area contributed by atoms with Gasteiger partial charge in [-0.05, 0) is 181 Å². The van der Waals surface area contributed by atoms with Crippen LogP contribution in [0.15, 0.2) is 0 Å². The van der Waals surface area contributed by atoms with E-state index in [0.29, 0.717) is 78.5 Å². The van der Waals surface area contributed by atoms with Crippen molar-refractivity contribution in [2.24, 2.45) is 0 Å². The van der Waals surface area contributed by atoms with Crippen molar-refractivity contribution in [1.29, 1.82) is 0 Å². The summed E-state index contributed by atoms with van der Waals surface area (Å²) in [5.74, 6) is 0. The van der Waals surface area contributed by atoms with Gasteiger partial charge in [-0.3, -0.25) is 0 Å². The van der Waals surface area contributed by atoms with Gasteiger partial charge in [0.25, 0.3) is 0 Å². The Kier molecular flexibility index (Phi) is 33.7. The van der Waals surface area contributed by atoms with Crippen LogP contribution in [0.4, 0.5) is 0 Å². The lowest BCUT2D eigenvalue weighted by atomic mass is 9.94. The van der Waals surface area contributed by atoms with E-state index in [0.717, 1.165) is 18.1 Å². The fourth-order valence-corrected chi connectivity index (χ4v) is 93.7. The second kappa shape index (κ2) is 38.1. The Bertz CT molecular complexity index is 1730. The maximum absolute atomic E-state index is 3.90. The molecule has 0 aromatic carbocycles. The van der Waals surface area contributed by atoms with E-state index in [2.05, 4.69) is 175 Å². The quantitative estimate of drug-likeness (QED) is 0.0565. The highest BCUT2D eigenvalue weighted by Crippen LogP contribution is 2.51. The summed E-state index contributed by atoms with van der Waals surface area (Å²) in [6.07, 6.45) is 48.6. The van der Waals surface area contributed by atoms with Crippen LogP contribution < -0.4 is 0 Å². The van der Waals surface area contributed by atoms with Crippen LogP contribution in [0.5, 0.6) is 0 Å². The van der Waals surface area contributed by atoms with Gasteiger partial charge in [-0.2, -0.15) is 0 Å². The Labute approximate surface area is 555 Å². The molecule has 0 heterocycles. The van der Waals surface area contributed by atoms with Gasteiger partial charge in [-0.25, -0.2) is 0 Å². The molecule has 6 fully saturated rings. The Hall–Kier alpha value is 0.981. The molecular weight excluding hydrogens is 1160 g/mol. The molecule has 0 amide bonds. The molecule has 6 aliphatic carbocycles. The zero-order chi connectivity index (χ0) is 63.6. The minimum absolute atomic E-state index is 0.549. The van der Waals surface area contributed by atoms with Crippen LogP contribution >= 0.6 is 0 Å². The van der Waals surface area contributed by atoms with Gasteiger partial charge in [0, 0.05) is 48.3 Å². The van der Waals surface area contributed by atoms with E-state index >= 15 is 0 Å². The molecular formula is C73H156N8Si6. The van der Waals surface area contributed by atoms with Gasteiger partial charge in [-0.1, -0.05) is 241 Å². The molecule has 10 unspecified atom stereocenters. The summed E-state index contributed by atoms with van der Waals surface area (Å²) in [6, 6.07) is 10.6. The Morgan fingerprint density at radius 1 is 0.310 bits per heavy atom. The molecule has 0 saturated heterocycles. The van der Waals surface area contributed by atoms with Crippen LogP contribution in [-0.2, 0) is 0 Å². The SMILES string of the molecule is CCC(C)N([SiH2]C[SiH](N(C(C)CC)C(C)CC)[Si](C[Si](N(C(C)C)C1CCCCC1)(N(C(C)CC)C1CCCCC1)[SiH](C[SiH2]N(C(C)C)C1CCCC1)N(C(C)C)C1CCCC1)(N(C(C)C)C1CCCCC1)N(C(C)CC)C1CCCCC1)C(C)CC. The molecule has 6 rings (SSSR count). The van der Waals surface area contributed by atoms with E-state index in [-0.39, 0.29) is 0 Å². The van der Waals surface area contributed by atoms with Crippen molar-refractivity contribution in [2.75, 3.05) is 0 Å². The van der Waals surface area contributed by atoms with Crippen LogP contribution in [0.2, 0.25) is 17.0 Å². The second-order valence-corrected chi connectivity index (χ2v) is 59.3. The van der Waals surface area contributed by atoms with Crippen molar-refractivity contribution in [3.63, 3.8) is 0 Å². The maximum atomic E-state index is 3.90. The molecule has 6 saturated carbocycles. The van der Waals surface area contributed by atoms with E-state index in [4.69, 9.17) is 0 Å². The number of nitrogens with zero attached hydrogens (tertiary/aromatic N) is 8. The van der Waals surface area contributed by atoms with Gasteiger partial charge in [0.05, 0.1) is 19.4 Å². The highest BCUT2D eigenvalue weighted by molar-refractivity contribution is 7.41. The summed E-state index contributed by atoms with van der Waals surface area (Å²) in [4.78, 5) is 0. The Balaban J connectivity index is 2.01. The lowest BCUT2D eigenvalue weighted by Gasteiger charge is -2.70. The molecule has 0 radical (unpaired) electrons. The smallest absolute Gasteiger partial charge is 0.206 e. The highest BCUT2D eigenvalue weighted by Gasteiger charge is 2.70. The molecule has 0 spiro atoms. The summed E-state index contributed by atoms with van der Waals surface area (Å²) in [5, 5.41) is 0. The minimum atomic E-state index is -2.94. The average Bonchev–Trinajstić information content (AvgIpc) is 1.70. The number of hydrogen-bond acceptors (Lipinski definition) is 8. The number of hydrogen-bond donors (Lipinski definition) is 0. The van der Waals surface area contributed by atoms with Gasteiger partial charge in [0.2, 0.25) is 15.8 Å². The van der Waals surface area contributed by atoms with Crippen molar-refractivity contribution >= 4 is 52.1 Å². The summed E-state index contributed by atoms with van der Waals surface area (Å²) < 4.78 is 29.5. The van der Waals surface area contributed by atoms with Crippen molar-refractivity contribution in [3.8, 4) is 0 Å². The number of rotatable bonds is 38. The summed E-state index contributed by atoms with van der Waals surface area (Å²) in [5.41, 5.74) is 4.90. The molecule has 512 valence electrons. The predicted octanol–water partition coefficient (Wildman–Crippen LogP) is 17.2. The lowest BCUT2D eigenvalue weighted by molar-refractivity contribution is 0.127. The van der Waals surface area contributed by atoms with Gasteiger partial charge in [0.15, 0.2) is 0 Å². The second-order valence-electron chi connectivity index (χ2n) is 32.5. The van der Waals surface area contributed by atoms with Crippen molar-refractivity contribution in [1.82, 2.24) is 36.5 Å². The predicted molar refractivity (Wildman–Crippen MR) is 403 cm³/mol. The molecule has 0 N–H and O–H groups in total. The normalized spacial score (nSPS) is 24.8. The van der Waals surface area contributed by atoms with Gasteiger partial charge >= 0.3 is 0 Å². The maximum Gasteiger partial charge on any atom is 0.206 e. The fourth-order valence-electron chi connectivity index (χ4n) is 21.2. The summed E-state index contributed by atoms with van der Waals surface area (Å²) in [7, 11) is -11.1. The van der Waals surface area contributed by atoms with Gasteiger partial charge in [0.1, 0.15) is 17.0 Å². The first kappa shape index (κ1) is 77.0. The van der Waals surface area contributed by atoms with Crippen molar-refractivity contribution < 1.29 is 0 Å². The van der Waals surface area contributed by atoms with Crippen molar-refractivity contribution in [2.45, 2.75) is 470 Å². The van der Waals surface area contributed by atoms with Crippen molar-refractivity contribution in [3.05, 3.63) is 0 Å². The van der Waals surface area contributed by atoms with E-state index in [9.17, 15) is 0 Å². The summed E-state index contributed by atoms with van der Waals surface area (Å²) in [6.45, 7) is 55.2. The largest absolute Gasteiger partial charge is 0.325 e. The zero-order valence-corrected chi connectivity index (χ0v) is 69.7. The van der Waals surface area contributed by atoms with Crippen LogP contribution in [0, 0.1) is 0 Å². The molecule has 6 aliphatic rings. The first-order chi connectivity index (χ1) is 41.7.